The number of hydrogen-bond acceptors (Lipinski definition) is 5. The van der Waals surface area contributed by atoms with Crippen molar-refractivity contribution in [3.05, 3.63) is 52.8 Å². The van der Waals surface area contributed by atoms with E-state index in [4.69, 9.17) is 9.72 Å². The van der Waals surface area contributed by atoms with Crippen LogP contribution in [0.15, 0.2) is 56.7 Å². The van der Waals surface area contributed by atoms with Gasteiger partial charge in [-0.15, -0.1) is 11.8 Å². The molecular formula is C20H22BrN3O3S2. The lowest BCUT2D eigenvalue weighted by Crippen LogP contribution is -2.40. The van der Waals surface area contributed by atoms with E-state index in [1.54, 1.807) is 23.9 Å². The van der Waals surface area contributed by atoms with Crippen LogP contribution in [0.4, 0.5) is 0 Å². The number of aromatic nitrogens is 2. The van der Waals surface area contributed by atoms with Crippen LogP contribution in [0, 0.1) is 0 Å². The third kappa shape index (κ3) is 4.39. The molecule has 6 nitrogen and oxygen atoms in total. The molecule has 4 rings (SSSR count). The van der Waals surface area contributed by atoms with Gasteiger partial charge in [0.05, 0.1) is 34.9 Å². The maximum atomic E-state index is 13.0. The van der Waals surface area contributed by atoms with Gasteiger partial charge in [0.2, 0.25) is 10.0 Å². The molecule has 0 saturated carbocycles. The smallest absolute Gasteiger partial charge is 0.243 e. The van der Waals surface area contributed by atoms with Gasteiger partial charge < -0.3 is 9.30 Å². The van der Waals surface area contributed by atoms with Crippen LogP contribution in [-0.2, 0) is 27.1 Å². The Kier molecular flexibility index (Phi) is 6.31. The molecule has 0 radical (unpaired) electrons. The van der Waals surface area contributed by atoms with Gasteiger partial charge in [0, 0.05) is 29.0 Å². The largest absolute Gasteiger partial charge is 0.379 e. The van der Waals surface area contributed by atoms with Gasteiger partial charge in [-0.1, -0.05) is 22.0 Å². The van der Waals surface area contributed by atoms with Gasteiger partial charge in [-0.3, -0.25) is 0 Å². The molecule has 1 saturated heterocycles. The van der Waals surface area contributed by atoms with Crippen LogP contribution in [0.3, 0.4) is 0 Å². The minimum absolute atomic E-state index is 0.291. The number of rotatable bonds is 6. The Morgan fingerprint density at radius 2 is 1.97 bits per heavy atom. The molecule has 0 N–H and O–H groups in total. The van der Waals surface area contributed by atoms with Crippen LogP contribution in [0.5, 0.6) is 0 Å². The summed E-state index contributed by atoms with van der Waals surface area (Å²) in [6, 6.07) is 13.4. The number of ether oxygens (including phenoxy) is 1. The molecule has 9 heteroatoms. The zero-order valence-corrected chi connectivity index (χ0v) is 19.3. The minimum Gasteiger partial charge on any atom is -0.379 e. The molecule has 0 unspecified atom stereocenters. The molecule has 0 aliphatic carbocycles. The number of thioether (sulfide) groups is 1. The van der Waals surface area contributed by atoms with E-state index in [1.165, 1.54) is 4.31 Å². The molecule has 29 heavy (non-hydrogen) atoms. The van der Waals surface area contributed by atoms with Crippen LogP contribution in [-0.4, -0.2) is 48.6 Å². The average molecular weight is 496 g/mol. The summed E-state index contributed by atoms with van der Waals surface area (Å²) in [5, 5.41) is 0. The van der Waals surface area contributed by atoms with Crippen LogP contribution in [0.25, 0.3) is 11.0 Å². The number of halogens is 1. The van der Waals surface area contributed by atoms with Crippen LogP contribution < -0.4 is 0 Å². The van der Waals surface area contributed by atoms with Gasteiger partial charge in [0.1, 0.15) is 5.82 Å². The van der Waals surface area contributed by atoms with Gasteiger partial charge >= 0.3 is 0 Å². The van der Waals surface area contributed by atoms with E-state index in [-0.39, 0.29) is 0 Å². The van der Waals surface area contributed by atoms with Gasteiger partial charge in [0.25, 0.3) is 0 Å². The molecule has 2 heterocycles. The Balaban J connectivity index is 1.63. The molecule has 3 aromatic rings. The molecule has 0 amide bonds. The van der Waals surface area contributed by atoms with Crippen molar-refractivity contribution in [2.75, 3.05) is 26.3 Å². The number of benzene rings is 2. The second-order valence-electron chi connectivity index (χ2n) is 6.69. The second kappa shape index (κ2) is 8.77. The van der Waals surface area contributed by atoms with E-state index in [1.807, 2.05) is 18.2 Å². The summed E-state index contributed by atoms with van der Waals surface area (Å²) in [6.45, 7) is 4.50. The van der Waals surface area contributed by atoms with E-state index in [2.05, 4.69) is 39.6 Å². The lowest BCUT2D eigenvalue weighted by atomic mass is 10.3. The Morgan fingerprint density at radius 1 is 1.17 bits per heavy atom. The number of morpholine rings is 1. The van der Waals surface area contributed by atoms with Crippen molar-refractivity contribution in [1.82, 2.24) is 13.9 Å². The zero-order valence-electron chi connectivity index (χ0n) is 16.0. The second-order valence-corrected chi connectivity index (χ2v) is 10.6. The van der Waals surface area contributed by atoms with Crippen molar-refractivity contribution in [3.8, 4) is 0 Å². The number of fused-ring (bicyclic) bond motifs is 1. The monoisotopic (exact) mass is 495 g/mol. The standard InChI is InChI=1S/C20H22BrN3O3S2/c1-2-24-19-7-6-17(29(25,26)23-8-10-27-11-9-23)13-18(19)22-20(24)14-28-16-5-3-4-15(21)12-16/h3-7,12-13H,2,8-11,14H2,1H3. The van der Waals surface area contributed by atoms with Crippen LogP contribution in [0.1, 0.15) is 12.7 Å². The molecule has 1 aliphatic heterocycles. The first-order valence-corrected chi connectivity index (χ1v) is 12.7. The number of imidazole rings is 1. The third-order valence-electron chi connectivity index (χ3n) is 4.89. The summed E-state index contributed by atoms with van der Waals surface area (Å²) >= 11 is 5.21. The Bertz CT molecular complexity index is 1130. The topological polar surface area (TPSA) is 64.4 Å². The fourth-order valence-electron chi connectivity index (χ4n) is 3.42. The van der Waals surface area contributed by atoms with Crippen molar-refractivity contribution in [2.24, 2.45) is 0 Å². The van der Waals surface area contributed by atoms with Crippen molar-refractivity contribution in [1.29, 1.82) is 0 Å². The Morgan fingerprint density at radius 3 is 2.69 bits per heavy atom. The number of hydrogen-bond donors (Lipinski definition) is 0. The quantitative estimate of drug-likeness (QED) is 0.481. The number of nitrogens with zero attached hydrogens (tertiary/aromatic N) is 3. The average Bonchev–Trinajstić information content (AvgIpc) is 3.09. The van der Waals surface area contributed by atoms with Crippen LogP contribution >= 0.6 is 27.7 Å². The van der Waals surface area contributed by atoms with E-state index < -0.39 is 10.0 Å². The molecule has 0 spiro atoms. The summed E-state index contributed by atoms with van der Waals surface area (Å²) in [6.07, 6.45) is 0. The van der Waals surface area contributed by atoms with Gasteiger partial charge in [-0.05, 0) is 43.3 Å². The van der Waals surface area contributed by atoms with Gasteiger partial charge in [0.15, 0.2) is 0 Å². The molecule has 0 bridgehead atoms. The Labute approximate surface area is 183 Å². The van der Waals surface area contributed by atoms with Crippen LogP contribution in [0.2, 0.25) is 0 Å². The highest BCUT2D eigenvalue weighted by molar-refractivity contribution is 9.10. The fourth-order valence-corrected chi connectivity index (χ4v) is 6.30. The van der Waals surface area contributed by atoms with Gasteiger partial charge in [-0.2, -0.15) is 4.31 Å². The summed E-state index contributed by atoms with van der Waals surface area (Å²) < 4.78 is 35.9. The molecule has 2 aromatic carbocycles. The summed E-state index contributed by atoms with van der Waals surface area (Å²) in [4.78, 5) is 6.21. The maximum absolute atomic E-state index is 13.0. The molecule has 1 aromatic heterocycles. The molecular weight excluding hydrogens is 474 g/mol. The third-order valence-corrected chi connectivity index (χ3v) is 8.26. The predicted molar refractivity (Wildman–Crippen MR) is 119 cm³/mol. The normalized spacial score (nSPS) is 15.8. The molecule has 154 valence electrons. The first kappa shape index (κ1) is 20.9. The summed E-state index contributed by atoms with van der Waals surface area (Å²) in [5.41, 5.74) is 1.67. The number of aryl methyl sites for hydroxylation is 1. The highest BCUT2D eigenvalue weighted by Gasteiger charge is 2.27. The van der Waals surface area contributed by atoms with Crippen molar-refractivity contribution < 1.29 is 13.2 Å². The van der Waals surface area contributed by atoms with Crippen molar-refractivity contribution in [3.63, 3.8) is 0 Å². The number of sulfonamides is 1. The van der Waals surface area contributed by atoms with E-state index in [0.717, 1.165) is 27.3 Å². The summed E-state index contributed by atoms with van der Waals surface area (Å²) in [7, 11) is -3.53. The van der Waals surface area contributed by atoms with Crippen molar-refractivity contribution in [2.45, 2.75) is 29.0 Å². The van der Waals surface area contributed by atoms with E-state index in [9.17, 15) is 8.42 Å². The van der Waals surface area contributed by atoms with E-state index in [0.29, 0.717) is 42.5 Å². The first-order chi connectivity index (χ1) is 14.0. The fraction of sp³-hybridized carbons (Fsp3) is 0.350. The van der Waals surface area contributed by atoms with Crippen molar-refractivity contribution >= 4 is 48.7 Å². The Hall–Kier alpha value is -1.39. The lowest BCUT2D eigenvalue weighted by Gasteiger charge is -2.26. The highest BCUT2D eigenvalue weighted by Crippen LogP contribution is 2.28. The molecule has 1 aliphatic rings. The summed E-state index contributed by atoms with van der Waals surface area (Å²) in [5.74, 6) is 1.65. The van der Waals surface area contributed by atoms with E-state index >= 15 is 0 Å². The zero-order chi connectivity index (χ0) is 20.4. The minimum atomic E-state index is -3.53. The lowest BCUT2D eigenvalue weighted by molar-refractivity contribution is 0.0730. The predicted octanol–water partition coefficient (Wildman–Crippen LogP) is 4.13. The first-order valence-electron chi connectivity index (χ1n) is 9.44. The molecule has 0 atom stereocenters. The van der Waals surface area contributed by atoms with Gasteiger partial charge in [-0.25, -0.2) is 13.4 Å². The molecule has 1 fully saturated rings. The SMILES string of the molecule is CCn1c(CSc2cccc(Br)c2)nc2cc(S(=O)(=O)N3CCOCC3)ccc21. The maximum Gasteiger partial charge on any atom is 0.243 e. The highest BCUT2D eigenvalue weighted by atomic mass is 79.9.